The highest BCUT2D eigenvalue weighted by Crippen LogP contribution is 2.29. The molecule has 0 spiro atoms. The Morgan fingerprint density at radius 2 is 2.00 bits per heavy atom. The Morgan fingerprint density at radius 1 is 1.29 bits per heavy atom. The zero-order valence-corrected chi connectivity index (χ0v) is 13.2. The number of aromatic hydroxyl groups is 2. The van der Waals surface area contributed by atoms with Gasteiger partial charge in [0.2, 0.25) is 0 Å². The Labute approximate surface area is 127 Å². The zero-order valence-electron chi connectivity index (χ0n) is 13.2. The Morgan fingerprint density at radius 3 is 2.57 bits per heavy atom. The Hall–Kier alpha value is -1.26. The van der Waals surface area contributed by atoms with E-state index in [1.165, 1.54) is 18.9 Å². The number of hydrogen-bond acceptors (Lipinski definition) is 4. The van der Waals surface area contributed by atoms with Crippen molar-refractivity contribution in [2.75, 3.05) is 26.2 Å². The molecule has 1 aliphatic heterocycles. The molecule has 0 saturated carbocycles. The molecule has 3 N–H and O–H groups in total. The molecule has 0 bridgehead atoms. The smallest absolute Gasteiger partial charge is 0.119 e. The summed E-state index contributed by atoms with van der Waals surface area (Å²) in [5.74, 6) is 0.957. The van der Waals surface area contributed by atoms with Gasteiger partial charge in [-0.25, -0.2) is 0 Å². The van der Waals surface area contributed by atoms with Crippen molar-refractivity contribution in [3.63, 3.8) is 0 Å². The van der Waals surface area contributed by atoms with Crippen LogP contribution in [0.4, 0.5) is 0 Å². The first-order valence-corrected chi connectivity index (χ1v) is 8.07. The molecule has 2 atom stereocenters. The summed E-state index contributed by atoms with van der Waals surface area (Å²) in [6.07, 6.45) is 3.65. The SMILES string of the molecule is CCCN(CC1CCCNC1)C(C)c1cc(O)cc(O)c1. The van der Waals surface area contributed by atoms with Crippen LogP contribution < -0.4 is 5.32 Å². The molecule has 0 aliphatic carbocycles. The van der Waals surface area contributed by atoms with E-state index in [0.717, 1.165) is 38.2 Å². The van der Waals surface area contributed by atoms with Crippen molar-refractivity contribution in [1.29, 1.82) is 0 Å². The van der Waals surface area contributed by atoms with Crippen LogP contribution in [-0.2, 0) is 0 Å². The standard InChI is InChI=1S/C17H28N2O2/c1-3-7-19(12-14-5-4-6-18-11-14)13(2)15-8-16(20)10-17(21)9-15/h8-10,13-14,18,20-21H,3-7,11-12H2,1-2H3. The van der Waals surface area contributed by atoms with E-state index in [1.54, 1.807) is 12.1 Å². The molecule has 4 heteroatoms. The Kier molecular flexibility index (Phi) is 5.88. The fourth-order valence-electron chi connectivity index (χ4n) is 3.21. The van der Waals surface area contributed by atoms with Crippen LogP contribution >= 0.6 is 0 Å². The molecule has 0 radical (unpaired) electrons. The molecule has 1 fully saturated rings. The van der Waals surface area contributed by atoms with E-state index in [4.69, 9.17) is 0 Å². The predicted molar refractivity (Wildman–Crippen MR) is 85.6 cm³/mol. The van der Waals surface area contributed by atoms with Gasteiger partial charge in [-0.3, -0.25) is 4.90 Å². The molecule has 1 heterocycles. The molecule has 1 aromatic rings. The summed E-state index contributed by atoms with van der Waals surface area (Å²) in [6, 6.07) is 5.09. The highest BCUT2D eigenvalue weighted by atomic mass is 16.3. The lowest BCUT2D eigenvalue weighted by atomic mass is 9.97. The van der Waals surface area contributed by atoms with E-state index in [1.807, 2.05) is 0 Å². The van der Waals surface area contributed by atoms with Gasteiger partial charge >= 0.3 is 0 Å². The normalized spacial score (nSPS) is 20.6. The average molecular weight is 292 g/mol. The molecular weight excluding hydrogens is 264 g/mol. The number of nitrogens with zero attached hydrogens (tertiary/aromatic N) is 1. The van der Waals surface area contributed by atoms with Crippen LogP contribution in [0.1, 0.15) is 44.7 Å². The third-order valence-corrected chi connectivity index (χ3v) is 4.36. The van der Waals surface area contributed by atoms with Crippen LogP contribution in [0.25, 0.3) is 0 Å². The average Bonchev–Trinajstić information content (AvgIpc) is 2.46. The first-order valence-electron chi connectivity index (χ1n) is 8.07. The Bertz CT molecular complexity index is 424. The van der Waals surface area contributed by atoms with Gasteiger partial charge in [0.05, 0.1) is 0 Å². The van der Waals surface area contributed by atoms with Gasteiger partial charge < -0.3 is 15.5 Å². The molecule has 2 rings (SSSR count). The zero-order chi connectivity index (χ0) is 15.2. The van der Waals surface area contributed by atoms with Gasteiger partial charge in [0.15, 0.2) is 0 Å². The van der Waals surface area contributed by atoms with E-state index in [2.05, 4.69) is 24.1 Å². The van der Waals surface area contributed by atoms with Gasteiger partial charge in [-0.05, 0) is 69.4 Å². The van der Waals surface area contributed by atoms with Gasteiger partial charge in [0, 0.05) is 18.7 Å². The summed E-state index contributed by atoms with van der Waals surface area (Å²) in [6.45, 7) is 8.68. The molecule has 118 valence electrons. The predicted octanol–water partition coefficient (Wildman–Crippen LogP) is 2.87. The van der Waals surface area contributed by atoms with Crippen molar-refractivity contribution in [3.8, 4) is 11.5 Å². The second-order valence-corrected chi connectivity index (χ2v) is 6.17. The van der Waals surface area contributed by atoms with Crippen LogP contribution in [0, 0.1) is 5.92 Å². The third-order valence-electron chi connectivity index (χ3n) is 4.36. The lowest BCUT2D eigenvalue weighted by Gasteiger charge is -2.34. The highest BCUT2D eigenvalue weighted by molar-refractivity contribution is 5.38. The number of phenolic OH excluding ortho intramolecular Hbond substituents is 2. The second kappa shape index (κ2) is 7.66. The molecular formula is C17H28N2O2. The number of rotatable bonds is 6. The topological polar surface area (TPSA) is 55.7 Å². The molecule has 2 unspecified atom stereocenters. The maximum Gasteiger partial charge on any atom is 0.119 e. The molecule has 0 amide bonds. The van der Waals surface area contributed by atoms with Gasteiger partial charge in [-0.1, -0.05) is 6.92 Å². The molecule has 1 saturated heterocycles. The molecule has 21 heavy (non-hydrogen) atoms. The minimum absolute atomic E-state index is 0.132. The van der Waals surface area contributed by atoms with Gasteiger partial charge in [0.25, 0.3) is 0 Å². The quantitative estimate of drug-likeness (QED) is 0.754. The maximum atomic E-state index is 9.69. The van der Waals surface area contributed by atoms with Gasteiger partial charge in [-0.15, -0.1) is 0 Å². The van der Waals surface area contributed by atoms with E-state index in [9.17, 15) is 10.2 Å². The largest absolute Gasteiger partial charge is 0.508 e. The minimum atomic E-state index is 0.132. The van der Waals surface area contributed by atoms with E-state index in [-0.39, 0.29) is 17.5 Å². The summed E-state index contributed by atoms with van der Waals surface area (Å²) in [5.41, 5.74) is 0.977. The van der Waals surface area contributed by atoms with Crippen molar-refractivity contribution in [2.24, 2.45) is 5.92 Å². The molecule has 0 aromatic heterocycles. The lowest BCUT2D eigenvalue weighted by molar-refractivity contribution is 0.162. The second-order valence-electron chi connectivity index (χ2n) is 6.17. The highest BCUT2D eigenvalue weighted by Gasteiger charge is 2.21. The summed E-state index contributed by atoms with van der Waals surface area (Å²) < 4.78 is 0. The fraction of sp³-hybridized carbons (Fsp3) is 0.647. The molecule has 1 aliphatic rings. The number of phenols is 2. The number of hydrogen-bond donors (Lipinski definition) is 3. The van der Waals surface area contributed by atoms with Crippen molar-refractivity contribution in [2.45, 2.75) is 39.2 Å². The van der Waals surface area contributed by atoms with Crippen LogP contribution in [0.3, 0.4) is 0 Å². The first-order chi connectivity index (χ1) is 10.1. The fourth-order valence-corrected chi connectivity index (χ4v) is 3.21. The number of nitrogens with one attached hydrogen (secondary N) is 1. The summed E-state index contributed by atoms with van der Waals surface area (Å²) in [4.78, 5) is 2.46. The van der Waals surface area contributed by atoms with Crippen LogP contribution in [-0.4, -0.2) is 41.3 Å². The monoisotopic (exact) mass is 292 g/mol. The van der Waals surface area contributed by atoms with Gasteiger partial charge in [-0.2, -0.15) is 0 Å². The van der Waals surface area contributed by atoms with Crippen molar-refractivity contribution in [3.05, 3.63) is 23.8 Å². The summed E-state index contributed by atoms with van der Waals surface area (Å²) >= 11 is 0. The van der Waals surface area contributed by atoms with Crippen molar-refractivity contribution < 1.29 is 10.2 Å². The summed E-state index contributed by atoms with van der Waals surface area (Å²) in [5, 5.41) is 22.8. The number of benzene rings is 1. The first kappa shape index (κ1) is 16.1. The van der Waals surface area contributed by atoms with Crippen LogP contribution in [0.15, 0.2) is 18.2 Å². The van der Waals surface area contributed by atoms with Crippen LogP contribution in [0.2, 0.25) is 0 Å². The maximum absolute atomic E-state index is 9.69. The van der Waals surface area contributed by atoms with Crippen molar-refractivity contribution >= 4 is 0 Å². The summed E-state index contributed by atoms with van der Waals surface area (Å²) in [7, 11) is 0. The van der Waals surface area contributed by atoms with E-state index < -0.39 is 0 Å². The van der Waals surface area contributed by atoms with Gasteiger partial charge in [0.1, 0.15) is 11.5 Å². The van der Waals surface area contributed by atoms with E-state index in [0.29, 0.717) is 5.92 Å². The molecule has 1 aromatic carbocycles. The molecule has 4 nitrogen and oxygen atoms in total. The van der Waals surface area contributed by atoms with Crippen LogP contribution in [0.5, 0.6) is 11.5 Å². The lowest BCUT2D eigenvalue weighted by Crippen LogP contribution is -2.39. The Balaban J connectivity index is 2.08. The van der Waals surface area contributed by atoms with E-state index >= 15 is 0 Å². The van der Waals surface area contributed by atoms with Crippen molar-refractivity contribution in [1.82, 2.24) is 10.2 Å². The number of piperidine rings is 1. The third kappa shape index (κ3) is 4.61. The minimum Gasteiger partial charge on any atom is -0.508 e.